The summed E-state index contributed by atoms with van der Waals surface area (Å²) in [5.41, 5.74) is 6.11. The fourth-order valence-corrected chi connectivity index (χ4v) is 0.428. The Balaban J connectivity index is 0. The predicted octanol–water partition coefficient (Wildman–Crippen LogP) is 2.48. The average Bonchev–Trinajstić information content (AvgIpc) is 1.91. The first-order valence-electron chi connectivity index (χ1n) is 3.79. The van der Waals surface area contributed by atoms with Gasteiger partial charge in [0.1, 0.15) is 5.84 Å². The first-order valence-corrected chi connectivity index (χ1v) is 3.79. The zero-order valence-corrected chi connectivity index (χ0v) is 7.89. The Bertz CT molecular complexity index is 155. The van der Waals surface area contributed by atoms with Crippen LogP contribution in [0.1, 0.15) is 27.7 Å². The molecule has 0 radical (unpaired) electrons. The van der Waals surface area contributed by atoms with E-state index in [9.17, 15) is 0 Å². The van der Waals surface area contributed by atoms with E-state index in [1.54, 1.807) is 13.0 Å². The largest absolute Gasteiger partial charge is 0.384 e. The van der Waals surface area contributed by atoms with Crippen molar-refractivity contribution in [3.05, 3.63) is 24.4 Å². The molecule has 0 saturated carbocycles. The molecule has 0 aromatic heterocycles. The summed E-state index contributed by atoms with van der Waals surface area (Å²) >= 11 is 0. The summed E-state index contributed by atoms with van der Waals surface area (Å²) in [6, 6.07) is 0. The predicted molar refractivity (Wildman–Crippen MR) is 52.6 cm³/mol. The van der Waals surface area contributed by atoms with Gasteiger partial charge in [0.25, 0.3) is 0 Å². The summed E-state index contributed by atoms with van der Waals surface area (Å²) in [6.07, 6.45) is 3.57. The molecular formula is C9H18N2. The van der Waals surface area contributed by atoms with Gasteiger partial charge >= 0.3 is 0 Å². The number of hydrogen-bond donors (Lipinski definition) is 1. The maximum atomic E-state index is 5.39. The van der Waals surface area contributed by atoms with Crippen LogP contribution in [0.4, 0.5) is 0 Å². The highest BCUT2D eigenvalue weighted by molar-refractivity contribution is 5.91. The van der Waals surface area contributed by atoms with Crippen molar-refractivity contribution in [1.82, 2.24) is 0 Å². The molecule has 0 heterocycles. The van der Waals surface area contributed by atoms with E-state index in [0.717, 1.165) is 5.70 Å². The van der Waals surface area contributed by atoms with E-state index in [2.05, 4.69) is 11.6 Å². The molecule has 0 unspecified atom stereocenters. The molecule has 11 heavy (non-hydrogen) atoms. The summed E-state index contributed by atoms with van der Waals surface area (Å²) in [5, 5.41) is 0. The van der Waals surface area contributed by atoms with Crippen LogP contribution in [0.5, 0.6) is 0 Å². The molecular weight excluding hydrogens is 136 g/mol. The van der Waals surface area contributed by atoms with Crippen LogP contribution >= 0.6 is 0 Å². The van der Waals surface area contributed by atoms with Gasteiger partial charge in [-0.3, -0.25) is 0 Å². The molecule has 0 aromatic rings. The Morgan fingerprint density at radius 3 is 2.18 bits per heavy atom. The number of hydrogen-bond acceptors (Lipinski definition) is 1. The number of nitrogens with two attached hydrogens (primary N) is 1. The van der Waals surface area contributed by atoms with Gasteiger partial charge in [-0.2, -0.15) is 0 Å². The molecule has 0 spiro atoms. The lowest BCUT2D eigenvalue weighted by Crippen LogP contribution is -2.06. The molecule has 2 nitrogen and oxygen atoms in total. The van der Waals surface area contributed by atoms with Crippen LogP contribution in [0.2, 0.25) is 0 Å². The maximum Gasteiger partial charge on any atom is 0.123 e. The lowest BCUT2D eigenvalue weighted by Gasteiger charge is -1.89. The zero-order chi connectivity index (χ0) is 9.28. The molecule has 0 atom stereocenters. The van der Waals surface area contributed by atoms with Gasteiger partial charge in [-0.05, 0) is 19.9 Å². The van der Waals surface area contributed by atoms with Crippen LogP contribution in [0.15, 0.2) is 29.4 Å². The van der Waals surface area contributed by atoms with Crippen molar-refractivity contribution in [3.8, 4) is 0 Å². The molecule has 0 bridgehead atoms. The fourth-order valence-electron chi connectivity index (χ4n) is 0.428. The molecule has 0 aliphatic rings. The summed E-state index contributed by atoms with van der Waals surface area (Å²) in [7, 11) is 0. The molecule has 0 saturated heterocycles. The number of amidine groups is 1. The van der Waals surface area contributed by atoms with Crippen LogP contribution in [0.3, 0.4) is 0 Å². The van der Waals surface area contributed by atoms with Crippen molar-refractivity contribution in [1.29, 1.82) is 0 Å². The molecule has 0 fully saturated rings. The quantitative estimate of drug-likeness (QED) is 0.481. The molecule has 0 rings (SSSR count). The Kier molecular flexibility index (Phi) is 10.3. The molecule has 0 amide bonds. The molecule has 0 aliphatic heterocycles. The Labute approximate surface area is 69.5 Å². The van der Waals surface area contributed by atoms with Gasteiger partial charge in [-0.25, -0.2) is 4.99 Å². The SMILES string of the molecule is C=C(C)N=C(N)/C=C\C.CC. The van der Waals surface area contributed by atoms with E-state index in [1.807, 2.05) is 26.8 Å². The zero-order valence-electron chi connectivity index (χ0n) is 7.89. The summed E-state index contributed by atoms with van der Waals surface area (Å²) < 4.78 is 0. The lowest BCUT2D eigenvalue weighted by atomic mass is 10.5. The third-order valence-corrected chi connectivity index (χ3v) is 0.657. The van der Waals surface area contributed by atoms with Gasteiger partial charge in [-0.1, -0.05) is 26.5 Å². The maximum absolute atomic E-state index is 5.39. The minimum absolute atomic E-state index is 0.505. The van der Waals surface area contributed by atoms with Gasteiger partial charge in [0.2, 0.25) is 0 Å². The minimum atomic E-state index is 0.505. The Morgan fingerprint density at radius 1 is 1.45 bits per heavy atom. The molecule has 2 heteroatoms. The second kappa shape index (κ2) is 8.95. The molecule has 64 valence electrons. The van der Waals surface area contributed by atoms with Crippen molar-refractivity contribution in [2.75, 3.05) is 0 Å². The summed E-state index contributed by atoms with van der Waals surface area (Å²) in [5.74, 6) is 0.505. The summed E-state index contributed by atoms with van der Waals surface area (Å²) in [4.78, 5) is 3.88. The highest BCUT2D eigenvalue weighted by Gasteiger charge is 1.80. The third-order valence-electron chi connectivity index (χ3n) is 0.657. The van der Waals surface area contributed by atoms with Crippen molar-refractivity contribution in [2.24, 2.45) is 10.7 Å². The molecule has 0 aliphatic carbocycles. The van der Waals surface area contributed by atoms with E-state index < -0.39 is 0 Å². The minimum Gasteiger partial charge on any atom is -0.384 e. The first kappa shape index (κ1) is 12.6. The molecule has 2 N–H and O–H groups in total. The van der Waals surface area contributed by atoms with Crippen LogP contribution in [0, 0.1) is 0 Å². The highest BCUT2D eigenvalue weighted by atomic mass is 14.8. The standard InChI is InChI=1S/C7H12N2.C2H6/c1-4-5-7(8)9-6(2)3;1-2/h4-5H,2H2,1,3H3,(H2,8,9);1-2H3/b5-4-;. The van der Waals surface area contributed by atoms with E-state index in [-0.39, 0.29) is 0 Å². The topological polar surface area (TPSA) is 38.4 Å². The number of nitrogens with zero attached hydrogens (tertiary/aromatic N) is 1. The van der Waals surface area contributed by atoms with Crippen LogP contribution in [-0.2, 0) is 0 Å². The lowest BCUT2D eigenvalue weighted by molar-refractivity contribution is 1.31. The van der Waals surface area contributed by atoms with Gasteiger partial charge in [0.15, 0.2) is 0 Å². The van der Waals surface area contributed by atoms with Crippen LogP contribution < -0.4 is 5.73 Å². The normalized spacial score (nSPS) is 10.7. The fraction of sp³-hybridized carbons (Fsp3) is 0.444. The molecule has 0 aromatic carbocycles. The first-order chi connectivity index (χ1) is 5.16. The highest BCUT2D eigenvalue weighted by Crippen LogP contribution is 1.87. The van der Waals surface area contributed by atoms with Gasteiger partial charge in [-0.15, -0.1) is 0 Å². The van der Waals surface area contributed by atoms with Crippen molar-refractivity contribution >= 4 is 5.84 Å². The van der Waals surface area contributed by atoms with E-state index in [4.69, 9.17) is 5.73 Å². The number of rotatable bonds is 2. The Hall–Kier alpha value is -1.05. The summed E-state index contributed by atoms with van der Waals surface area (Å²) in [6.45, 7) is 11.3. The van der Waals surface area contributed by atoms with Crippen LogP contribution in [-0.4, -0.2) is 5.84 Å². The smallest absolute Gasteiger partial charge is 0.123 e. The van der Waals surface area contributed by atoms with Gasteiger partial charge in [0, 0.05) is 5.70 Å². The number of aliphatic imine (C=N–C) groups is 1. The second-order valence-electron chi connectivity index (χ2n) is 1.77. The van der Waals surface area contributed by atoms with Crippen molar-refractivity contribution in [3.63, 3.8) is 0 Å². The van der Waals surface area contributed by atoms with Crippen molar-refractivity contribution < 1.29 is 0 Å². The monoisotopic (exact) mass is 154 g/mol. The van der Waals surface area contributed by atoms with E-state index in [0.29, 0.717) is 5.84 Å². The second-order valence-corrected chi connectivity index (χ2v) is 1.77. The van der Waals surface area contributed by atoms with E-state index in [1.165, 1.54) is 0 Å². The van der Waals surface area contributed by atoms with Gasteiger partial charge in [0.05, 0.1) is 0 Å². The Morgan fingerprint density at radius 2 is 1.91 bits per heavy atom. The van der Waals surface area contributed by atoms with Crippen molar-refractivity contribution in [2.45, 2.75) is 27.7 Å². The van der Waals surface area contributed by atoms with Crippen LogP contribution in [0.25, 0.3) is 0 Å². The van der Waals surface area contributed by atoms with Gasteiger partial charge < -0.3 is 5.73 Å². The third kappa shape index (κ3) is 12.2. The number of allylic oxidation sites excluding steroid dienone is 2. The van der Waals surface area contributed by atoms with E-state index >= 15 is 0 Å². The average molecular weight is 154 g/mol.